The van der Waals surface area contributed by atoms with E-state index in [0.717, 1.165) is 24.8 Å². The molecule has 3 rings (SSSR count). The predicted octanol–water partition coefficient (Wildman–Crippen LogP) is 3.58. The van der Waals surface area contributed by atoms with Crippen molar-refractivity contribution in [3.63, 3.8) is 0 Å². The number of nitrogens with two attached hydrogens (primary N) is 1. The normalized spacial score (nSPS) is 47.8. The summed E-state index contributed by atoms with van der Waals surface area (Å²) in [6.07, 6.45) is 7.10. The number of hydrogen-bond donors (Lipinski definition) is 1. The number of rotatable bonds is 3. The predicted molar refractivity (Wildman–Crippen MR) is 63.8 cm³/mol. The SMILES string of the molecule is NCC1(CC2CCC(F)(F)C2)CC2CCC1C2. The molecular formula is C14H23F2N. The molecule has 3 fully saturated rings. The molecule has 1 nitrogen and oxygen atoms in total. The van der Waals surface area contributed by atoms with Gasteiger partial charge in [-0.05, 0) is 61.8 Å². The molecule has 0 heterocycles. The van der Waals surface area contributed by atoms with Crippen molar-refractivity contribution in [2.75, 3.05) is 6.54 Å². The fourth-order valence-corrected chi connectivity index (χ4v) is 4.93. The standard InChI is InChI=1S/C14H23F2N/c15-14(16)4-3-11(8-14)7-13(9-17)6-10-1-2-12(13)5-10/h10-12H,1-9,17H2. The Balaban J connectivity index is 1.67. The van der Waals surface area contributed by atoms with Crippen LogP contribution in [-0.4, -0.2) is 12.5 Å². The molecule has 4 atom stereocenters. The van der Waals surface area contributed by atoms with E-state index in [2.05, 4.69) is 0 Å². The second-order valence-electron chi connectivity index (χ2n) is 6.82. The van der Waals surface area contributed by atoms with Crippen molar-refractivity contribution in [3.8, 4) is 0 Å². The van der Waals surface area contributed by atoms with E-state index in [1.54, 1.807) is 0 Å². The van der Waals surface area contributed by atoms with E-state index in [-0.39, 0.29) is 24.2 Å². The third-order valence-corrected chi connectivity index (χ3v) is 5.71. The topological polar surface area (TPSA) is 26.0 Å². The van der Waals surface area contributed by atoms with Crippen LogP contribution in [0.3, 0.4) is 0 Å². The van der Waals surface area contributed by atoms with Gasteiger partial charge in [-0.1, -0.05) is 6.42 Å². The second kappa shape index (κ2) is 3.91. The van der Waals surface area contributed by atoms with Crippen LogP contribution in [0, 0.1) is 23.2 Å². The highest BCUT2D eigenvalue weighted by Gasteiger charge is 2.52. The summed E-state index contributed by atoms with van der Waals surface area (Å²) in [4.78, 5) is 0. The van der Waals surface area contributed by atoms with Gasteiger partial charge in [0.25, 0.3) is 0 Å². The number of fused-ring (bicyclic) bond motifs is 2. The third-order valence-electron chi connectivity index (χ3n) is 5.71. The quantitative estimate of drug-likeness (QED) is 0.805. The Morgan fingerprint density at radius 3 is 2.41 bits per heavy atom. The van der Waals surface area contributed by atoms with Crippen LogP contribution in [-0.2, 0) is 0 Å². The molecule has 2 bridgehead atoms. The maximum Gasteiger partial charge on any atom is 0.248 e. The molecule has 4 unspecified atom stereocenters. The van der Waals surface area contributed by atoms with Crippen molar-refractivity contribution in [2.24, 2.45) is 28.9 Å². The van der Waals surface area contributed by atoms with Crippen molar-refractivity contribution < 1.29 is 8.78 Å². The van der Waals surface area contributed by atoms with E-state index in [1.807, 2.05) is 0 Å². The molecule has 98 valence electrons. The highest BCUT2D eigenvalue weighted by molar-refractivity contribution is 5.02. The monoisotopic (exact) mass is 243 g/mol. The minimum atomic E-state index is -2.39. The molecule has 3 saturated carbocycles. The van der Waals surface area contributed by atoms with E-state index in [9.17, 15) is 8.78 Å². The van der Waals surface area contributed by atoms with Crippen molar-refractivity contribution in [1.29, 1.82) is 0 Å². The lowest BCUT2D eigenvalue weighted by Gasteiger charge is -2.39. The van der Waals surface area contributed by atoms with Gasteiger partial charge in [0.15, 0.2) is 0 Å². The Kier molecular flexibility index (Phi) is 2.73. The molecule has 0 aliphatic heterocycles. The fraction of sp³-hybridized carbons (Fsp3) is 1.00. The van der Waals surface area contributed by atoms with Crippen LogP contribution in [0.5, 0.6) is 0 Å². The first-order valence-electron chi connectivity index (χ1n) is 7.11. The van der Waals surface area contributed by atoms with Gasteiger partial charge in [0.2, 0.25) is 5.92 Å². The van der Waals surface area contributed by atoms with Gasteiger partial charge in [-0.15, -0.1) is 0 Å². The van der Waals surface area contributed by atoms with E-state index >= 15 is 0 Å². The van der Waals surface area contributed by atoms with Crippen LogP contribution in [0.1, 0.15) is 51.4 Å². The maximum absolute atomic E-state index is 13.3. The first-order valence-corrected chi connectivity index (χ1v) is 7.11. The van der Waals surface area contributed by atoms with Crippen LogP contribution in [0.25, 0.3) is 0 Å². The molecule has 0 amide bonds. The molecule has 3 aliphatic rings. The highest BCUT2D eigenvalue weighted by Crippen LogP contribution is 2.59. The third kappa shape index (κ3) is 2.00. The first-order chi connectivity index (χ1) is 8.03. The summed E-state index contributed by atoms with van der Waals surface area (Å²) in [5.74, 6) is -0.567. The van der Waals surface area contributed by atoms with E-state index in [4.69, 9.17) is 5.73 Å². The minimum absolute atomic E-state index is 0.104. The van der Waals surface area contributed by atoms with Crippen molar-refractivity contribution in [1.82, 2.24) is 0 Å². The number of hydrogen-bond acceptors (Lipinski definition) is 1. The molecule has 0 spiro atoms. The number of alkyl halides is 2. The second-order valence-corrected chi connectivity index (χ2v) is 6.82. The molecule has 17 heavy (non-hydrogen) atoms. The fourth-order valence-electron chi connectivity index (χ4n) is 4.93. The molecule has 0 aromatic carbocycles. The highest BCUT2D eigenvalue weighted by atomic mass is 19.3. The zero-order valence-corrected chi connectivity index (χ0v) is 10.4. The zero-order valence-electron chi connectivity index (χ0n) is 10.4. The molecule has 3 aliphatic carbocycles. The molecule has 0 aromatic rings. The first kappa shape index (κ1) is 11.9. The molecule has 0 aromatic heterocycles. The van der Waals surface area contributed by atoms with Crippen LogP contribution in [0.15, 0.2) is 0 Å². The van der Waals surface area contributed by atoms with Gasteiger partial charge in [-0.25, -0.2) is 8.78 Å². The van der Waals surface area contributed by atoms with Crippen molar-refractivity contribution >= 4 is 0 Å². The van der Waals surface area contributed by atoms with Gasteiger partial charge < -0.3 is 5.73 Å². The Morgan fingerprint density at radius 2 is 1.94 bits per heavy atom. The summed E-state index contributed by atoms with van der Waals surface area (Å²) in [5.41, 5.74) is 6.24. The van der Waals surface area contributed by atoms with Crippen molar-refractivity contribution in [3.05, 3.63) is 0 Å². The van der Waals surface area contributed by atoms with Gasteiger partial charge >= 0.3 is 0 Å². The smallest absolute Gasteiger partial charge is 0.248 e. The molecular weight excluding hydrogens is 220 g/mol. The Hall–Kier alpha value is -0.180. The van der Waals surface area contributed by atoms with Gasteiger partial charge in [-0.3, -0.25) is 0 Å². The maximum atomic E-state index is 13.3. The minimum Gasteiger partial charge on any atom is -0.330 e. The summed E-state index contributed by atoms with van der Waals surface area (Å²) >= 11 is 0. The molecule has 2 N–H and O–H groups in total. The zero-order chi connectivity index (χ0) is 12.1. The largest absolute Gasteiger partial charge is 0.330 e. The van der Waals surface area contributed by atoms with Crippen LogP contribution in [0.2, 0.25) is 0 Å². The summed E-state index contributed by atoms with van der Waals surface area (Å²) in [6, 6.07) is 0. The van der Waals surface area contributed by atoms with Gasteiger partial charge in [0.05, 0.1) is 0 Å². The molecule has 0 radical (unpaired) electrons. The lowest BCUT2D eigenvalue weighted by Crippen LogP contribution is -2.37. The molecule has 3 heteroatoms. The van der Waals surface area contributed by atoms with Crippen molar-refractivity contribution in [2.45, 2.75) is 57.3 Å². The molecule has 0 saturated heterocycles. The van der Waals surface area contributed by atoms with Gasteiger partial charge in [-0.2, -0.15) is 0 Å². The average molecular weight is 243 g/mol. The van der Waals surface area contributed by atoms with Crippen LogP contribution < -0.4 is 5.73 Å². The van der Waals surface area contributed by atoms with Gasteiger partial charge in [0, 0.05) is 12.8 Å². The lowest BCUT2D eigenvalue weighted by molar-refractivity contribution is 0.00118. The van der Waals surface area contributed by atoms with E-state index in [0.29, 0.717) is 6.42 Å². The van der Waals surface area contributed by atoms with Crippen LogP contribution >= 0.6 is 0 Å². The summed E-state index contributed by atoms with van der Waals surface area (Å²) in [6.45, 7) is 0.718. The van der Waals surface area contributed by atoms with Crippen LogP contribution in [0.4, 0.5) is 8.78 Å². The summed E-state index contributed by atoms with van der Waals surface area (Å²) in [7, 11) is 0. The van der Waals surface area contributed by atoms with Gasteiger partial charge in [0.1, 0.15) is 0 Å². The summed E-state index contributed by atoms with van der Waals surface area (Å²) in [5, 5.41) is 0. The Bertz CT molecular complexity index is 305. The van der Waals surface area contributed by atoms with E-state index < -0.39 is 5.92 Å². The lowest BCUT2D eigenvalue weighted by atomic mass is 9.68. The number of halogens is 2. The van der Waals surface area contributed by atoms with E-state index in [1.165, 1.54) is 25.7 Å². The Morgan fingerprint density at radius 1 is 1.12 bits per heavy atom. The summed E-state index contributed by atoms with van der Waals surface area (Å²) < 4.78 is 26.5. The Labute approximate surface area is 102 Å². The average Bonchev–Trinajstić information content (AvgIpc) is 2.93.